The number of guanidine groups is 1. The van der Waals surface area contributed by atoms with Gasteiger partial charge in [-0.15, -0.1) is 24.0 Å². The van der Waals surface area contributed by atoms with Crippen LogP contribution in [0.1, 0.15) is 32.3 Å². The number of piperidine rings is 1. The molecule has 2 aromatic rings. The molecule has 3 rings (SSSR count). The fraction of sp³-hybridized carbons (Fsp3) is 0.500. The number of hydrogen-bond acceptors (Lipinski definition) is 5. The first-order valence-electron chi connectivity index (χ1n) is 9.85. The number of esters is 1. The maximum Gasteiger partial charge on any atom is 0.310 e. The zero-order chi connectivity index (χ0) is 19.8. The van der Waals surface area contributed by atoms with E-state index in [2.05, 4.69) is 31.5 Å². The Morgan fingerprint density at radius 1 is 1.41 bits per heavy atom. The number of aliphatic imine (C=N–C) groups is 1. The number of halogens is 1. The van der Waals surface area contributed by atoms with Crippen LogP contribution in [0.5, 0.6) is 0 Å². The average Bonchev–Trinajstić information content (AvgIpc) is 3.26. The molecule has 1 unspecified atom stereocenters. The van der Waals surface area contributed by atoms with Crippen molar-refractivity contribution in [3.8, 4) is 11.4 Å². The fourth-order valence-corrected chi connectivity index (χ4v) is 3.38. The molecule has 9 heteroatoms. The van der Waals surface area contributed by atoms with Gasteiger partial charge in [-0.05, 0) is 38.3 Å². The number of aromatic amines is 1. The maximum absolute atomic E-state index is 12.1. The number of likely N-dealkylation sites (tertiary alicyclic amines) is 1. The highest BCUT2D eigenvalue weighted by Gasteiger charge is 2.28. The lowest BCUT2D eigenvalue weighted by Gasteiger charge is -2.34. The minimum absolute atomic E-state index is 0. The van der Waals surface area contributed by atoms with Crippen LogP contribution in [0, 0.1) is 5.92 Å². The predicted octanol–water partition coefficient (Wildman–Crippen LogP) is 2.83. The first-order valence-corrected chi connectivity index (χ1v) is 9.85. The SMILES string of the molecule is CCNC(=NCc1cccc(-c2ncn[nH]2)c1)N1CCCC(C(=O)OCC)C1.I. The van der Waals surface area contributed by atoms with Crippen LogP contribution in [0.2, 0.25) is 0 Å². The molecule has 1 saturated heterocycles. The van der Waals surface area contributed by atoms with Crippen molar-refractivity contribution in [2.75, 3.05) is 26.2 Å². The van der Waals surface area contributed by atoms with Crippen LogP contribution in [0.3, 0.4) is 0 Å². The summed E-state index contributed by atoms with van der Waals surface area (Å²) in [6.45, 7) is 7.17. The van der Waals surface area contributed by atoms with Gasteiger partial charge in [-0.25, -0.2) is 9.98 Å². The number of benzene rings is 1. The van der Waals surface area contributed by atoms with Gasteiger partial charge in [0.25, 0.3) is 0 Å². The smallest absolute Gasteiger partial charge is 0.310 e. The molecule has 29 heavy (non-hydrogen) atoms. The van der Waals surface area contributed by atoms with Crippen molar-refractivity contribution < 1.29 is 9.53 Å². The van der Waals surface area contributed by atoms with E-state index in [0.29, 0.717) is 19.7 Å². The predicted molar refractivity (Wildman–Crippen MR) is 123 cm³/mol. The summed E-state index contributed by atoms with van der Waals surface area (Å²) < 4.78 is 5.21. The molecule has 0 saturated carbocycles. The van der Waals surface area contributed by atoms with Crippen molar-refractivity contribution in [3.05, 3.63) is 36.2 Å². The Hall–Kier alpha value is -2.17. The Morgan fingerprint density at radius 3 is 3.00 bits per heavy atom. The van der Waals surface area contributed by atoms with Crippen molar-refractivity contribution in [2.45, 2.75) is 33.2 Å². The molecular weight excluding hydrogens is 483 g/mol. The number of ether oxygens (including phenoxy) is 1. The topological polar surface area (TPSA) is 95.5 Å². The van der Waals surface area contributed by atoms with Crippen molar-refractivity contribution in [1.82, 2.24) is 25.4 Å². The first kappa shape index (κ1) is 23.1. The van der Waals surface area contributed by atoms with Gasteiger partial charge in [0, 0.05) is 25.2 Å². The zero-order valence-electron chi connectivity index (χ0n) is 16.9. The molecule has 1 fully saturated rings. The average molecular weight is 512 g/mol. The van der Waals surface area contributed by atoms with E-state index < -0.39 is 0 Å². The number of hydrogen-bond donors (Lipinski definition) is 2. The third-order valence-electron chi connectivity index (χ3n) is 4.70. The van der Waals surface area contributed by atoms with Crippen LogP contribution in [0.15, 0.2) is 35.6 Å². The Balaban J connectivity index is 0.00000300. The highest BCUT2D eigenvalue weighted by molar-refractivity contribution is 14.0. The highest BCUT2D eigenvalue weighted by Crippen LogP contribution is 2.19. The Kier molecular flexibility index (Phi) is 9.36. The summed E-state index contributed by atoms with van der Waals surface area (Å²) in [5.41, 5.74) is 2.07. The van der Waals surface area contributed by atoms with Crippen LogP contribution in [0.4, 0.5) is 0 Å². The number of carbonyl (C=O) groups excluding carboxylic acids is 1. The van der Waals surface area contributed by atoms with Gasteiger partial charge >= 0.3 is 5.97 Å². The molecule has 1 aliphatic heterocycles. The summed E-state index contributed by atoms with van der Waals surface area (Å²) in [5, 5.41) is 10.1. The fourth-order valence-electron chi connectivity index (χ4n) is 3.38. The summed E-state index contributed by atoms with van der Waals surface area (Å²) >= 11 is 0. The number of carbonyl (C=O) groups is 1. The minimum Gasteiger partial charge on any atom is -0.466 e. The van der Waals surface area contributed by atoms with Gasteiger partial charge in [0.1, 0.15) is 6.33 Å². The summed E-state index contributed by atoms with van der Waals surface area (Å²) in [5.74, 6) is 1.38. The number of rotatable bonds is 6. The zero-order valence-corrected chi connectivity index (χ0v) is 19.3. The molecule has 1 aromatic heterocycles. The van der Waals surface area contributed by atoms with E-state index in [9.17, 15) is 4.79 Å². The molecule has 1 aliphatic rings. The molecule has 1 aromatic carbocycles. The number of nitrogens with zero attached hydrogens (tertiary/aromatic N) is 4. The lowest BCUT2D eigenvalue weighted by atomic mass is 9.98. The highest BCUT2D eigenvalue weighted by atomic mass is 127. The maximum atomic E-state index is 12.1. The molecule has 0 aliphatic carbocycles. The van der Waals surface area contributed by atoms with Gasteiger partial charge in [-0.1, -0.05) is 18.2 Å². The third kappa shape index (κ3) is 6.41. The second-order valence-electron chi connectivity index (χ2n) is 6.74. The molecule has 0 amide bonds. The van der Waals surface area contributed by atoms with Crippen molar-refractivity contribution in [2.24, 2.45) is 10.9 Å². The number of H-pyrrole nitrogens is 1. The van der Waals surface area contributed by atoms with Crippen LogP contribution in [-0.4, -0.2) is 58.3 Å². The quantitative estimate of drug-likeness (QED) is 0.268. The summed E-state index contributed by atoms with van der Waals surface area (Å²) in [6, 6.07) is 8.09. The molecule has 0 spiro atoms. The summed E-state index contributed by atoms with van der Waals surface area (Å²) in [7, 11) is 0. The minimum atomic E-state index is -0.109. The molecule has 0 radical (unpaired) electrons. The molecular formula is C20H29IN6O2. The van der Waals surface area contributed by atoms with E-state index in [0.717, 1.165) is 48.8 Å². The van der Waals surface area contributed by atoms with Crippen LogP contribution >= 0.6 is 24.0 Å². The van der Waals surface area contributed by atoms with Gasteiger partial charge in [0.15, 0.2) is 11.8 Å². The Labute approximate surface area is 188 Å². The van der Waals surface area contributed by atoms with E-state index in [1.165, 1.54) is 6.33 Å². The van der Waals surface area contributed by atoms with E-state index >= 15 is 0 Å². The van der Waals surface area contributed by atoms with E-state index in [-0.39, 0.29) is 35.9 Å². The normalized spacial score (nSPS) is 16.8. The summed E-state index contributed by atoms with van der Waals surface area (Å²) in [6.07, 6.45) is 3.32. The molecule has 1 atom stereocenters. The van der Waals surface area contributed by atoms with Crippen LogP contribution in [0.25, 0.3) is 11.4 Å². The number of nitrogens with one attached hydrogen (secondary N) is 2. The standard InChI is InChI=1S/C20H28N6O2.HI/c1-3-21-20(26-10-6-9-17(13-26)19(27)28-4-2)22-12-15-7-5-8-16(11-15)18-23-14-24-25-18;/h5,7-8,11,14,17H,3-4,6,9-10,12-13H2,1-2H3,(H,21,22)(H,23,24,25);1H. The molecule has 0 bridgehead atoms. The number of aromatic nitrogens is 3. The molecule has 2 N–H and O–H groups in total. The van der Waals surface area contributed by atoms with Gasteiger partial charge in [0.05, 0.1) is 19.1 Å². The molecule has 158 valence electrons. The van der Waals surface area contributed by atoms with Gasteiger partial charge in [0.2, 0.25) is 0 Å². The van der Waals surface area contributed by atoms with Crippen molar-refractivity contribution in [1.29, 1.82) is 0 Å². The lowest BCUT2D eigenvalue weighted by Crippen LogP contribution is -2.48. The third-order valence-corrected chi connectivity index (χ3v) is 4.70. The monoisotopic (exact) mass is 512 g/mol. The first-order chi connectivity index (χ1) is 13.7. The second-order valence-corrected chi connectivity index (χ2v) is 6.74. The largest absolute Gasteiger partial charge is 0.466 e. The Bertz CT molecular complexity index is 796. The van der Waals surface area contributed by atoms with E-state index in [1.54, 1.807) is 0 Å². The van der Waals surface area contributed by atoms with Gasteiger partial charge in [-0.2, -0.15) is 5.10 Å². The molecule has 2 heterocycles. The second kappa shape index (κ2) is 11.7. The van der Waals surface area contributed by atoms with Gasteiger partial charge < -0.3 is 15.0 Å². The Morgan fingerprint density at radius 2 is 2.28 bits per heavy atom. The van der Waals surface area contributed by atoms with Crippen molar-refractivity contribution in [3.63, 3.8) is 0 Å². The van der Waals surface area contributed by atoms with Crippen LogP contribution < -0.4 is 5.32 Å². The van der Waals surface area contributed by atoms with E-state index in [1.807, 2.05) is 32.0 Å². The van der Waals surface area contributed by atoms with E-state index in [4.69, 9.17) is 9.73 Å². The van der Waals surface area contributed by atoms with Crippen LogP contribution in [-0.2, 0) is 16.1 Å². The van der Waals surface area contributed by atoms with Crippen molar-refractivity contribution >= 4 is 35.9 Å². The lowest BCUT2D eigenvalue weighted by molar-refractivity contribution is -0.149. The summed E-state index contributed by atoms with van der Waals surface area (Å²) in [4.78, 5) is 23.3. The molecule has 8 nitrogen and oxygen atoms in total. The van der Waals surface area contributed by atoms with Gasteiger partial charge in [-0.3, -0.25) is 9.89 Å².